The van der Waals surface area contributed by atoms with Crippen LogP contribution in [-0.4, -0.2) is 28.4 Å². The molecule has 3 rings (SSSR count). The van der Waals surface area contributed by atoms with Crippen LogP contribution < -0.4 is 4.74 Å². The first-order valence-electron chi connectivity index (χ1n) is 6.20. The molecule has 2 aromatic heterocycles. The van der Waals surface area contributed by atoms with Gasteiger partial charge in [-0.3, -0.25) is 5.10 Å². The number of carboxylic acids is 1. The van der Waals surface area contributed by atoms with E-state index in [1.807, 2.05) is 29.7 Å². The summed E-state index contributed by atoms with van der Waals surface area (Å²) in [5, 5.41) is 19.0. The molecule has 5 nitrogen and oxygen atoms in total. The zero-order valence-electron chi connectivity index (χ0n) is 11.2. The number of hydrogen-bond acceptors (Lipinski definition) is 4. The number of carboxylic acid groups (broad SMARTS) is 1. The van der Waals surface area contributed by atoms with Gasteiger partial charge in [-0.05, 0) is 35.7 Å². The van der Waals surface area contributed by atoms with Crippen LogP contribution in [0, 0.1) is 0 Å². The third-order valence-electron chi connectivity index (χ3n) is 3.09. The van der Waals surface area contributed by atoms with Gasteiger partial charge in [0.25, 0.3) is 0 Å². The van der Waals surface area contributed by atoms with Crippen LogP contribution in [0.25, 0.3) is 23.1 Å². The molecule has 0 fully saturated rings. The van der Waals surface area contributed by atoms with Gasteiger partial charge < -0.3 is 9.84 Å². The maximum absolute atomic E-state index is 11.3. The van der Waals surface area contributed by atoms with E-state index < -0.39 is 5.97 Å². The minimum absolute atomic E-state index is 0.122. The van der Waals surface area contributed by atoms with Crippen molar-refractivity contribution < 1.29 is 14.6 Å². The highest BCUT2D eigenvalue weighted by Gasteiger charge is 2.17. The van der Waals surface area contributed by atoms with Crippen molar-refractivity contribution in [3.8, 4) is 5.75 Å². The standard InChI is InChI=1S/C15H12N2O3S/c1-20-14-10(15(18)19)5-7-12-13(14)11(16-17-12)6-4-9-3-2-8-21-9/h2-8H,1H3,(H,16,17)(H,18,19)/b6-4+. The number of H-pyrrole nitrogens is 1. The van der Waals surface area contributed by atoms with E-state index in [-0.39, 0.29) is 5.56 Å². The number of nitrogens with one attached hydrogen (secondary N) is 1. The van der Waals surface area contributed by atoms with E-state index in [4.69, 9.17) is 4.74 Å². The number of fused-ring (bicyclic) bond motifs is 1. The first-order valence-corrected chi connectivity index (χ1v) is 7.08. The lowest BCUT2D eigenvalue weighted by Crippen LogP contribution is -2.00. The minimum Gasteiger partial charge on any atom is -0.495 e. The molecule has 0 saturated heterocycles. The fourth-order valence-corrected chi connectivity index (χ4v) is 2.77. The lowest BCUT2D eigenvalue weighted by Gasteiger charge is -2.06. The largest absolute Gasteiger partial charge is 0.495 e. The van der Waals surface area contributed by atoms with Crippen LogP contribution in [0.15, 0.2) is 29.6 Å². The summed E-state index contributed by atoms with van der Waals surface area (Å²) in [6.07, 6.45) is 3.78. The Morgan fingerprint density at radius 3 is 2.90 bits per heavy atom. The van der Waals surface area contributed by atoms with Gasteiger partial charge in [-0.25, -0.2) is 4.79 Å². The van der Waals surface area contributed by atoms with Crippen LogP contribution in [-0.2, 0) is 0 Å². The van der Waals surface area contributed by atoms with Crippen molar-refractivity contribution in [3.05, 3.63) is 45.8 Å². The van der Waals surface area contributed by atoms with Crippen LogP contribution in [0.2, 0.25) is 0 Å². The van der Waals surface area contributed by atoms with Gasteiger partial charge in [-0.1, -0.05) is 6.07 Å². The average Bonchev–Trinajstić information content (AvgIpc) is 3.13. The fourth-order valence-electron chi connectivity index (χ4n) is 2.15. The molecule has 0 spiro atoms. The Balaban J connectivity index is 2.15. The van der Waals surface area contributed by atoms with E-state index in [1.165, 1.54) is 13.2 Å². The van der Waals surface area contributed by atoms with Crippen molar-refractivity contribution in [3.63, 3.8) is 0 Å². The number of aromatic amines is 1. The lowest BCUT2D eigenvalue weighted by atomic mass is 10.1. The van der Waals surface area contributed by atoms with Gasteiger partial charge in [0.15, 0.2) is 0 Å². The minimum atomic E-state index is -1.02. The van der Waals surface area contributed by atoms with Gasteiger partial charge in [0.05, 0.1) is 23.7 Å². The topological polar surface area (TPSA) is 75.2 Å². The molecule has 0 aliphatic rings. The summed E-state index contributed by atoms with van der Waals surface area (Å²) in [6, 6.07) is 7.16. The molecule has 1 aromatic carbocycles. The Hall–Kier alpha value is -2.60. The Bertz CT molecular complexity index is 819. The summed E-state index contributed by atoms with van der Waals surface area (Å²) < 4.78 is 5.28. The van der Waals surface area contributed by atoms with E-state index in [0.29, 0.717) is 16.8 Å². The molecule has 6 heteroatoms. The molecule has 0 unspecified atom stereocenters. The zero-order chi connectivity index (χ0) is 14.8. The lowest BCUT2D eigenvalue weighted by molar-refractivity contribution is 0.0693. The summed E-state index contributed by atoms with van der Waals surface area (Å²) in [6.45, 7) is 0. The predicted octanol–water partition coefficient (Wildman–Crippen LogP) is 3.50. The highest BCUT2D eigenvalue weighted by molar-refractivity contribution is 7.10. The zero-order valence-corrected chi connectivity index (χ0v) is 12.0. The summed E-state index contributed by atoms with van der Waals surface area (Å²) in [5.74, 6) is -0.706. The van der Waals surface area contributed by atoms with E-state index in [1.54, 1.807) is 17.4 Å². The van der Waals surface area contributed by atoms with Crippen molar-refractivity contribution in [2.45, 2.75) is 0 Å². The second-order valence-corrected chi connectivity index (χ2v) is 5.31. The Morgan fingerprint density at radius 2 is 2.24 bits per heavy atom. The summed E-state index contributed by atoms with van der Waals surface area (Å²) >= 11 is 1.62. The molecule has 3 aromatic rings. The molecule has 0 radical (unpaired) electrons. The number of hydrogen-bond donors (Lipinski definition) is 2. The number of aromatic carboxylic acids is 1. The van der Waals surface area contributed by atoms with E-state index >= 15 is 0 Å². The first kappa shape index (κ1) is 13.4. The highest BCUT2D eigenvalue weighted by atomic mass is 32.1. The monoisotopic (exact) mass is 300 g/mol. The van der Waals surface area contributed by atoms with Crippen LogP contribution >= 0.6 is 11.3 Å². The molecule has 21 heavy (non-hydrogen) atoms. The maximum Gasteiger partial charge on any atom is 0.339 e. The smallest absolute Gasteiger partial charge is 0.339 e. The quantitative estimate of drug-likeness (QED) is 0.773. The number of rotatable bonds is 4. The Kier molecular flexibility index (Phi) is 3.45. The summed E-state index contributed by atoms with van der Waals surface area (Å²) in [4.78, 5) is 12.4. The molecule has 106 valence electrons. The summed E-state index contributed by atoms with van der Waals surface area (Å²) in [5.41, 5.74) is 1.51. The van der Waals surface area contributed by atoms with Crippen LogP contribution in [0.4, 0.5) is 0 Å². The molecular weight excluding hydrogens is 288 g/mol. The van der Waals surface area contributed by atoms with Crippen LogP contribution in [0.3, 0.4) is 0 Å². The normalized spacial score (nSPS) is 11.3. The van der Waals surface area contributed by atoms with E-state index in [0.717, 1.165) is 10.4 Å². The second-order valence-electron chi connectivity index (χ2n) is 4.33. The second kappa shape index (κ2) is 5.41. The molecule has 0 atom stereocenters. The molecule has 0 amide bonds. The molecule has 0 bridgehead atoms. The SMILES string of the molecule is COc1c(C(=O)O)ccc2[nH]nc(/C=C/c3cccs3)c12. The number of methoxy groups -OCH3 is 1. The molecule has 0 aliphatic heterocycles. The van der Waals surface area contributed by atoms with Crippen molar-refractivity contribution >= 4 is 40.4 Å². The summed E-state index contributed by atoms with van der Waals surface area (Å²) in [7, 11) is 1.46. The van der Waals surface area contributed by atoms with Crippen molar-refractivity contribution in [1.82, 2.24) is 10.2 Å². The Labute approximate surface area is 124 Å². The Morgan fingerprint density at radius 1 is 1.38 bits per heavy atom. The number of benzene rings is 1. The predicted molar refractivity (Wildman–Crippen MR) is 82.9 cm³/mol. The number of thiophene rings is 1. The third kappa shape index (κ3) is 2.41. The van der Waals surface area contributed by atoms with Gasteiger partial charge in [-0.15, -0.1) is 11.3 Å². The van der Waals surface area contributed by atoms with Gasteiger partial charge in [-0.2, -0.15) is 5.10 Å². The van der Waals surface area contributed by atoms with Crippen molar-refractivity contribution in [1.29, 1.82) is 0 Å². The molecule has 2 N–H and O–H groups in total. The fraction of sp³-hybridized carbons (Fsp3) is 0.0667. The van der Waals surface area contributed by atoms with Gasteiger partial charge in [0, 0.05) is 4.88 Å². The number of aromatic nitrogens is 2. The number of nitrogens with zero attached hydrogens (tertiary/aromatic N) is 1. The van der Waals surface area contributed by atoms with Gasteiger partial charge in [0.2, 0.25) is 0 Å². The highest BCUT2D eigenvalue weighted by Crippen LogP contribution is 2.32. The van der Waals surface area contributed by atoms with Crippen molar-refractivity contribution in [2.75, 3.05) is 7.11 Å². The maximum atomic E-state index is 11.3. The average molecular weight is 300 g/mol. The van der Waals surface area contributed by atoms with Crippen molar-refractivity contribution in [2.24, 2.45) is 0 Å². The molecular formula is C15H12N2O3S. The van der Waals surface area contributed by atoms with E-state index in [2.05, 4.69) is 10.2 Å². The first-order chi connectivity index (χ1) is 10.2. The third-order valence-corrected chi connectivity index (χ3v) is 3.93. The number of carbonyl (C=O) groups is 1. The molecule has 0 aliphatic carbocycles. The van der Waals surface area contributed by atoms with Crippen LogP contribution in [0.1, 0.15) is 20.9 Å². The van der Waals surface area contributed by atoms with Gasteiger partial charge >= 0.3 is 5.97 Å². The van der Waals surface area contributed by atoms with Gasteiger partial charge in [0.1, 0.15) is 11.3 Å². The molecule has 0 saturated carbocycles. The van der Waals surface area contributed by atoms with Crippen LogP contribution in [0.5, 0.6) is 5.75 Å². The van der Waals surface area contributed by atoms with E-state index in [9.17, 15) is 9.90 Å². The number of ether oxygens (including phenoxy) is 1. The molecule has 2 heterocycles.